The first kappa shape index (κ1) is 21.8. The predicted octanol–water partition coefficient (Wildman–Crippen LogP) is 3.74. The summed E-state index contributed by atoms with van der Waals surface area (Å²) in [4.78, 5) is 23.6. The number of amides is 2. The van der Waals surface area contributed by atoms with Gasteiger partial charge in [0.15, 0.2) is 13.2 Å². The van der Waals surface area contributed by atoms with Gasteiger partial charge in [-0.3, -0.25) is 20.4 Å². The SMILES string of the molecule is CCc1ccc(OCC(=O)NNC(=O)COc2ccc(C(C)C)cc2)c(Br)c1. The van der Waals surface area contributed by atoms with E-state index in [4.69, 9.17) is 9.47 Å². The highest BCUT2D eigenvalue weighted by molar-refractivity contribution is 9.10. The molecule has 0 aliphatic carbocycles. The lowest BCUT2D eigenvalue weighted by molar-refractivity contribution is -0.131. The summed E-state index contributed by atoms with van der Waals surface area (Å²) in [6.45, 7) is 5.85. The van der Waals surface area contributed by atoms with Gasteiger partial charge in [0, 0.05) is 0 Å². The van der Waals surface area contributed by atoms with Crippen molar-refractivity contribution in [1.29, 1.82) is 0 Å². The Morgan fingerprint density at radius 2 is 1.57 bits per heavy atom. The molecule has 2 aromatic carbocycles. The second-order valence-corrected chi connectivity index (χ2v) is 7.37. The van der Waals surface area contributed by atoms with Crippen molar-refractivity contribution in [3.8, 4) is 11.5 Å². The second kappa shape index (κ2) is 10.7. The second-order valence-electron chi connectivity index (χ2n) is 6.52. The predicted molar refractivity (Wildman–Crippen MR) is 111 cm³/mol. The van der Waals surface area contributed by atoms with Gasteiger partial charge < -0.3 is 9.47 Å². The fraction of sp³-hybridized carbons (Fsp3) is 0.333. The lowest BCUT2D eigenvalue weighted by Gasteiger charge is -2.11. The molecule has 7 heteroatoms. The van der Waals surface area contributed by atoms with E-state index in [1.165, 1.54) is 5.56 Å². The number of halogens is 1. The van der Waals surface area contributed by atoms with Gasteiger partial charge in [0.25, 0.3) is 11.8 Å². The largest absolute Gasteiger partial charge is 0.484 e. The fourth-order valence-electron chi connectivity index (χ4n) is 2.33. The molecule has 6 nitrogen and oxygen atoms in total. The van der Waals surface area contributed by atoms with Crippen molar-refractivity contribution in [3.05, 3.63) is 58.1 Å². The van der Waals surface area contributed by atoms with Crippen LogP contribution in [0.25, 0.3) is 0 Å². The molecule has 0 fully saturated rings. The van der Waals surface area contributed by atoms with Crippen molar-refractivity contribution in [2.24, 2.45) is 0 Å². The normalized spacial score (nSPS) is 10.5. The van der Waals surface area contributed by atoms with Gasteiger partial charge in [-0.05, 0) is 63.7 Å². The molecular formula is C21H25BrN2O4. The van der Waals surface area contributed by atoms with Gasteiger partial charge in [-0.25, -0.2) is 0 Å². The van der Waals surface area contributed by atoms with E-state index in [0.29, 0.717) is 17.4 Å². The molecule has 0 saturated carbocycles. The van der Waals surface area contributed by atoms with E-state index in [2.05, 4.69) is 47.6 Å². The summed E-state index contributed by atoms with van der Waals surface area (Å²) in [6.07, 6.45) is 0.912. The third-order valence-corrected chi connectivity index (χ3v) is 4.64. The third-order valence-electron chi connectivity index (χ3n) is 4.02. The average molecular weight is 449 g/mol. The summed E-state index contributed by atoms with van der Waals surface area (Å²) in [7, 11) is 0. The molecule has 0 saturated heterocycles. The molecule has 0 radical (unpaired) electrons. The number of rotatable bonds is 8. The number of carbonyl (C=O) groups is 2. The Balaban J connectivity index is 1.69. The molecule has 2 amide bonds. The Kier molecular flexibility index (Phi) is 8.32. The summed E-state index contributed by atoms with van der Waals surface area (Å²) in [6, 6.07) is 13.2. The van der Waals surface area contributed by atoms with Gasteiger partial charge in [0.05, 0.1) is 4.47 Å². The maximum atomic E-state index is 11.8. The van der Waals surface area contributed by atoms with Gasteiger partial charge in [-0.15, -0.1) is 0 Å². The summed E-state index contributed by atoms with van der Waals surface area (Å²) < 4.78 is 11.6. The molecule has 2 N–H and O–H groups in total. The Bertz CT molecular complexity index is 807. The molecule has 0 unspecified atom stereocenters. The van der Waals surface area contributed by atoms with Gasteiger partial charge in [0.1, 0.15) is 11.5 Å². The van der Waals surface area contributed by atoms with Gasteiger partial charge >= 0.3 is 0 Å². The van der Waals surface area contributed by atoms with Crippen LogP contribution in [0.5, 0.6) is 11.5 Å². The summed E-state index contributed by atoms with van der Waals surface area (Å²) in [5.74, 6) is 0.650. The van der Waals surface area contributed by atoms with Crippen LogP contribution in [0.1, 0.15) is 37.8 Å². The number of nitrogens with one attached hydrogen (secondary N) is 2. The van der Waals surface area contributed by atoms with Crippen LogP contribution in [-0.4, -0.2) is 25.0 Å². The molecule has 0 spiro atoms. The minimum Gasteiger partial charge on any atom is -0.484 e. The number of ether oxygens (including phenoxy) is 2. The first-order valence-corrected chi connectivity index (χ1v) is 9.90. The van der Waals surface area contributed by atoms with E-state index < -0.39 is 11.8 Å². The van der Waals surface area contributed by atoms with Crippen molar-refractivity contribution < 1.29 is 19.1 Å². The van der Waals surface area contributed by atoms with Crippen LogP contribution in [0, 0.1) is 0 Å². The van der Waals surface area contributed by atoms with E-state index in [1.54, 1.807) is 6.07 Å². The Hall–Kier alpha value is -2.54. The molecule has 0 aliphatic heterocycles. The zero-order chi connectivity index (χ0) is 20.5. The molecule has 0 bridgehead atoms. The molecule has 2 aromatic rings. The smallest absolute Gasteiger partial charge is 0.276 e. The highest BCUT2D eigenvalue weighted by Gasteiger charge is 2.09. The van der Waals surface area contributed by atoms with Crippen molar-refractivity contribution >= 4 is 27.7 Å². The van der Waals surface area contributed by atoms with Crippen LogP contribution >= 0.6 is 15.9 Å². The standard InChI is InChI=1S/C21H25BrN2O4/c1-4-15-5-10-19(18(22)11-15)28-13-21(26)24-23-20(25)12-27-17-8-6-16(7-9-17)14(2)3/h5-11,14H,4,12-13H2,1-3H3,(H,23,25)(H,24,26). The fourth-order valence-corrected chi connectivity index (χ4v) is 2.87. The summed E-state index contributed by atoms with van der Waals surface area (Å²) in [5.41, 5.74) is 6.95. The number of carbonyl (C=O) groups excluding carboxylic acids is 2. The number of hydrogen-bond acceptors (Lipinski definition) is 4. The molecule has 0 atom stereocenters. The summed E-state index contributed by atoms with van der Waals surface area (Å²) in [5, 5.41) is 0. The van der Waals surface area contributed by atoms with Gasteiger partial charge in [-0.1, -0.05) is 39.0 Å². The minimum atomic E-state index is -0.471. The van der Waals surface area contributed by atoms with E-state index in [9.17, 15) is 9.59 Å². The Morgan fingerprint density at radius 1 is 0.964 bits per heavy atom. The minimum absolute atomic E-state index is 0.202. The van der Waals surface area contributed by atoms with E-state index in [1.807, 2.05) is 36.4 Å². The van der Waals surface area contributed by atoms with Crippen molar-refractivity contribution in [3.63, 3.8) is 0 Å². The topological polar surface area (TPSA) is 76.7 Å². The van der Waals surface area contributed by atoms with E-state index >= 15 is 0 Å². The first-order valence-electron chi connectivity index (χ1n) is 9.10. The first-order chi connectivity index (χ1) is 13.4. The molecular weight excluding hydrogens is 424 g/mol. The number of aryl methyl sites for hydroxylation is 1. The van der Waals surface area contributed by atoms with Crippen LogP contribution in [0.3, 0.4) is 0 Å². The third kappa shape index (κ3) is 6.88. The number of hydrogen-bond donors (Lipinski definition) is 2. The van der Waals surface area contributed by atoms with Crippen molar-refractivity contribution in [1.82, 2.24) is 10.9 Å². The van der Waals surface area contributed by atoms with Crippen molar-refractivity contribution in [2.75, 3.05) is 13.2 Å². The average Bonchev–Trinajstić information content (AvgIpc) is 2.69. The van der Waals surface area contributed by atoms with Crippen LogP contribution in [-0.2, 0) is 16.0 Å². The number of benzene rings is 2. The van der Waals surface area contributed by atoms with E-state index in [0.717, 1.165) is 16.5 Å². The lowest BCUT2D eigenvalue weighted by atomic mass is 10.0. The molecule has 0 heterocycles. The lowest BCUT2D eigenvalue weighted by Crippen LogP contribution is -2.45. The van der Waals surface area contributed by atoms with Crippen LogP contribution in [0.4, 0.5) is 0 Å². The maximum Gasteiger partial charge on any atom is 0.276 e. The zero-order valence-corrected chi connectivity index (χ0v) is 17.8. The van der Waals surface area contributed by atoms with Crippen molar-refractivity contribution in [2.45, 2.75) is 33.1 Å². The van der Waals surface area contributed by atoms with Crippen LogP contribution in [0.2, 0.25) is 0 Å². The van der Waals surface area contributed by atoms with Gasteiger partial charge in [0.2, 0.25) is 0 Å². The summed E-state index contributed by atoms with van der Waals surface area (Å²) >= 11 is 3.41. The van der Waals surface area contributed by atoms with Crippen LogP contribution < -0.4 is 20.3 Å². The molecule has 2 rings (SSSR count). The Morgan fingerprint density at radius 3 is 2.11 bits per heavy atom. The molecule has 28 heavy (non-hydrogen) atoms. The maximum absolute atomic E-state index is 11.8. The van der Waals surface area contributed by atoms with Gasteiger partial charge in [-0.2, -0.15) is 0 Å². The quantitative estimate of drug-likeness (QED) is 0.602. The molecule has 150 valence electrons. The Labute approximate surface area is 173 Å². The molecule has 0 aromatic heterocycles. The highest BCUT2D eigenvalue weighted by Crippen LogP contribution is 2.26. The number of hydrazine groups is 1. The zero-order valence-electron chi connectivity index (χ0n) is 16.3. The molecule has 0 aliphatic rings. The monoisotopic (exact) mass is 448 g/mol. The van der Waals surface area contributed by atoms with E-state index in [-0.39, 0.29) is 13.2 Å². The van der Waals surface area contributed by atoms with Crippen LogP contribution in [0.15, 0.2) is 46.9 Å². The highest BCUT2D eigenvalue weighted by atomic mass is 79.9.